The molecule has 6 heteroatoms. The predicted octanol–water partition coefficient (Wildman–Crippen LogP) is 3.17. The topological polar surface area (TPSA) is 50.5 Å². The Labute approximate surface area is 151 Å². The van der Waals surface area contributed by atoms with Crippen molar-refractivity contribution in [1.29, 1.82) is 5.26 Å². The van der Waals surface area contributed by atoms with Gasteiger partial charge in [-0.2, -0.15) is 5.26 Å². The molecular formula is C19H19ClFN3O. The number of rotatable bonds is 4. The van der Waals surface area contributed by atoms with Crippen molar-refractivity contribution < 1.29 is 9.50 Å². The molecule has 2 aromatic carbocycles. The van der Waals surface area contributed by atoms with Crippen LogP contribution in [0.4, 0.5) is 10.1 Å². The number of halogens is 2. The Morgan fingerprint density at radius 3 is 2.48 bits per heavy atom. The zero-order valence-electron chi connectivity index (χ0n) is 13.8. The summed E-state index contributed by atoms with van der Waals surface area (Å²) >= 11 is 6.14. The van der Waals surface area contributed by atoms with Crippen LogP contribution in [0.15, 0.2) is 36.4 Å². The van der Waals surface area contributed by atoms with Crippen LogP contribution in [0, 0.1) is 17.1 Å². The van der Waals surface area contributed by atoms with Gasteiger partial charge in [0.05, 0.1) is 23.9 Å². The summed E-state index contributed by atoms with van der Waals surface area (Å²) in [5.41, 5.74) is 2.71. The quantitative estimate of drug-likeness (QED) is 0.911. The molecule has 25 heavy (non-hydrogen) atoms. The number of aliphatic hydroxyl groups excluding tert-OH is 1. The highest BCUT2D eigenvalue weighted by atomic mass is 35.5. The van der Waals surface area contributed by atoms with Gasteiger partial charge in [0.25, 0.3) is 0 Å². The lowest BCUT2D eigenvalue weighted by molar-refractivity contribution is 0.249. The largest absolute Gasteiger partial charge is 0.392 e. The first kappa shape index (κ1) is 17.7. The first-order chi connectivity index (χ1) is 12.1. The van der Waals surface area contributed by atoms with Crippen LogP contribution in [0.2, 0.25) is 5.02 Å². The Hall–Kier alpha value is -2.13. The molecule has 0 aromatic heterocycles. The van der Waals surface area contributed by atoms with E-state index in [9.17, 15) is 9.50 Å². The maximum atomic E-state index is 14.1. The summed E-state index contributed by atoms with van der Waals surface area (Å²) in [5, 5.41) is 18.6. The molecule has 1 saturated heterocycles. The average molecular weight is 360 g/mol. The molecule has 0 bridgehead atoms. The van der Waals surface area contributed by atoms with Gasteiger partial charge in [-0.05, 0) is 35.4 Å². The lowest BCUT2D eigenvalue weighted by Crippen LogP contribution is -2.46. The fourth-order valence-corrected chi connectivity index (χ4v) is 3.32. The van der Waals surface area contributed by atoms with Gasteiger partial charge in [-0.3, -0.25) is 4.90 Å². The first-order valence-electron chi connectivity index (χ1n) is 8.16. The lowest BCUT2D eigenvalue weighted by atomic mass is 10.1. The summed E-state index contributed by atoms with van der Waals surface area (Å²) < 4.78 is 14.1. The molecule has 0 atom stereocenters. The van der Waals surface area contributed by atoms with Crippen molar-refractivity contribution >= 4 is 17.3 Å². The van der Waals surface area contributed by atoms with Crippen LogP contribution in [0.25, 0.3) is 0 Å². The predicted molar refractivity (Wildman–Crippen MR) is 96.0 cm³/mol. The highest BCUT2D eigenvalue weighted by molar-refractivity contribution is 6.31. The molecule has 0 aliphatic carbocycles. The van der Waals surface area contributed by atoms with Crippen LogP contribution in [0.1, 0.15) is 16.7 Å². The molecule has 0 spiro atoms. The third kappa shape index (κ3) is 4.10. The molecule has 0 radical (unpaired) electrons. The number of hydrogen-bond donors (Lipinski definition) is 1. The van der Waals surface area contributed by atoms with Crippen molar-refractivity contribution in [3.05, 3.63) is 63.9 Å². The van der Waals surface area contributed by atoms with E-state index in [0.29, 0.717) is 16.3 Å². The van der Waals surface area contributed by atoms with Gasteiger partial charge in [0.15, 0.2) is 0 Å². The number of nitrogens with zero attached hydrogens (tertiary/aromatic N) is 3. The second-order valence-corrected chi connectivity index (χ2v) is 6.53. The number of piperazine rings is 1. The van der Waals surface area contributed by atoms with E-state index in [4.69, 9.17) is 16.9 Å². The lowest BCUT2D eigenvalue weighted by Gasteiger charge is -2.36. The number of anilines is 1. The van der Waals surface area contributed by atoms with Crippen molar-refractivity contribution in [1.82, 2.24) is 4.90 Å². The van der Waals surface area contributed by atoms with Gasteiger partial charge in [0.2, 0.25) is 0 Å². The zero-order chi connectivity index (χ0) is 17.8. The molecule has 1 N–H and O–H groups in total. The fourth-order valence-electron chi connectivity index (χ4n) is 3.06. The van der Waals surface area contributed by atoms with E-state index in [1.807, 2.05) is 29.2 Å². The number of aliphatic hydroxyl groups is 1. The minimum Gasteiger partial charge on any atom is -0.392 e. The van der Waals surface area contributed by atoms with Gasteiger partial charge < -0.3 is 10.0 Å². The number of nitriles is 1. The van der Waals surface area contributed by atoms with Gasteiger partial charge >= 0.3 is 0 Å². The zero-order valence-corrected chi connectivity index (χ0v) is 14.5. The monoisotopic (exact) mass is 359 g/mol. The molecule has 0 unspecified atom stereocenters. The Kier molecular flexibility index (Phi) is 5.54. The Balaban J connectivity index is 1.60. The van der Waals surface area contributed by atoms with Crippen LogP contribution in [0.3, 0.4) is 0 Å². The van der Waals surface area contributed by atoms with Crippen molar-refractivity contribution in [3.63, 3.8) is 0 Å². The van der Waals surface area contributed by atoms with Crippen LogP contribution in [-0.2, 0) is 13.2 Å². The van der Waals surface area contributed by atoms with Gasteiger partial charge in [0.1, 0.15) is 5.82 Å². The Bertz CT molecular complexity index is 798. The minimum absolute atomic E-state index is 0.0616. The van der Waals surface area contributed by atoms with Crippen molar-refractivity contribution in [2.75, 3.05) is 31.1 Å². The van der Waals surface area contributed by atoms with Crippen LogP contribution < -0.4 is 4.90 Å². The summed E-state index contributed by atoms with van der Waals surface area (Å²) in [6.45, 7) is 3.80. The molecule has 1 heterocycles. The van der Waals surface area contributed by atoms with Crippen LogP contribution in [0.5, 0.6) is 0 Å². The van der Waals surface area contributed by atoms with Crippen molar-refractivity contribution in [2.24, 2.45) is 0 Å². The van der Waals surface area contributed by atoms with E-state index in [0.717, 1.165) is 43.9 Å². The molecule has 1 aliphatic rings. The molecule has 130 valence electrons. The Morgan fingerprint density at radius 1 is 1.12 bits per heavy atom. The molecule has 0 amide bonds. The second-order valence-electron chi connectivity index (χ2n) is 6.13. The molecule has 0 saturated carbocycles. The van der Waals surface area contributed by atoms with Gasteiger partial charge in [-0.1, -0.05) is 23.7 Å². The summed E-state index contributed by atoms with van der Waals surface area (Å²) in [6, 6.07) is 12.3. The Morgan fingerprint density at radius 2 is 1.88 bits per heavy atom. The first-order valence-corrected chi connectivity index (χ1v) is 8.53. The molecule has 1 fully saturated rings. The van der Waals surface area contributed by atoms with E-state index in [-0.39, 0.29) is 12.4 Å². The van der Waals surface area contributed by atoms with E-state index in [1.165, 1.54) is 6.07 Å². The van der Waals surface area contributed by atoms with E-state index in [1.54, 1.807) is 12.1 Å². The minimum atomic E-state index is -0.348. The molecule has 1 aliphatic heterocycles. The van der Waals surface area contributed by atoms with Crippen LogP contribution >= 0.6 is 11.6 Å². The number of hydrogen-bond acceptors (Lipinski definition) is 4. The summed E-state index contributed by atoms with van der Waals surface area (Å²) in [4.78, 5) is 4.30. The summed E-state index contributed by atoms with van der Waals surface area (Å²) in [7, 11) is 0. The van der Waals surface area contributed by atoms with E-state index >= 15 is 0 Å². The summed E-state index contributed by atoms with van der Waals surface area (Å²) in [5.74, 6) is -0.348. The number of benzene rings is 2. The van der Waals surface area contributed by atoms with Crippen LogP contribution in [-0.4, -0.2) is 36.2 Å². The fraction of sp³-hybridized carbons (Fsp3) is 0.316. The van der Waals surface area contributed by atoms with E-state index < -0.39 is 0 Å². The SMILES string of the molecule is N#Cc1ccc(N2CCN(Cc3ccc(CO)c(Cl)c3)CC2)c(F)c1. The molecular weight excluding hydrogens is 341 g/mol. The maximum absolute atomic E-state index is 14.1. The molecule has 4 nitrogen and oxygen atoms in total. The highest BCUT2D eigenvalue weighted by Gasteiger charge is 2.20. The third-order valence-corrected chi connectivity index (χ3v) is 4.84. The second kappa shape index (κ2) is 7.83. The van der Waals surface area contributed by atoms with Crippen molar-refractivity contribution in [3.8, 4) is 6.07 Å². The summed E-state index contributed by atoms with van der Waals surface area (Å²) in [6.07, 6.45) is 0. The smallest absolute Gasteiger partial charge is 0.147 e. The molecule has 2 aromatic rings. The third-order valence-electron chi connectivity index (χ3n) is 4.48. The van der Waals surface area contributed by atoms with Crippen molar-refractivity contribution in [2.45, 2.75) is 13.2 Å². The van der Waals surface area contributed by atoms with Gasteiger partial charge in [-0.25, -0.2) is 4.39 Å². The maximum Gasteiger partial charge on any atom is 0.147 e. The average Bonchev–Trinajstić information content (AvgIpc) is 2.62. The van der Waals surface area contributed by atoms with E-state index in [2.05, 4.69) is 4.90 Å². The van der Waals surface area contributed by atoms with Gasteiger partial charge in [-0.15, -0.1) is 0 Å². The van der Waals surface area contributed by atoms with Gasteiger partial charge in [0, 0.05) is 37.7 Å². The molecule has 3 rings (SSSR count). The normalized spacial score (nSPS) is 15.2. The highest BCUT2D eigenvalue weighted by Crippen LogP contribution is 2.23. The standard InChI is InChI=1S/C19H19ClFN3O/c20-17-9-15(1-3-16(17)13-25)12-23-5-7-24(8-6-23)19-4-2-14(11-22)10-18(19)21/h1-4,9-10,25H,5-8,12-13H2.